The lowest BCUT2D eigenvalue weighted by molar-refractivity contribution is -0.123. The first kappa shape index (κ1) is 11.9. The molecule has 2 saturated carbocycles. The Balaban J connectivity index is 1.69. The maximum atomic E-state index is 11.7. The number of carbonyl (C=O) groups excluding carboxylic acids is 1. The normalized spacial score (nSPS) is 32.1. The SMILES string of the molecule is CC(NC1CCC(N)CC1)C(=O)NC1CC1. The smallest absolute Gasteiger partial charge is 0.237 e. The molecular weight excluding hydrogens is 202 g/mol. The van der Waals surface area contributed by atoms with Gasteiger partial charge in [0.2, 0.25) is 5.91 Å². The average molecular weight is 225 g/mol. The molecule has 1 amide bonds. The van der Waals surface area contributed by atoms with Crippen LogP contribution in [0, 0.1) is 0 Å². The lowest BCUT2D eigenvalue weighted by atomic mass is 9.91. The first-order valence-corrected chi connectivity index (χ1v) is 6.47. The Bertz CT molecular complexity index is 245. The molecule has 0 aromatic rings. The highest BCUT2D eigenvalue weighted by Gasteiger charge is 2.27. The Hall–Kier alpha value is -0.610. The van der Waals surface area contributed by atoms with Gasteiger partial charge < -0.3 is 16.4 Å². The Kier molecular flexibility index (Phi) is 3.82. The van der Waals surface area contributed by atoms with Gasteiger partial charge in [-0.1, -0.05) is 0 Å². The van der Waals surface area contributed by atoms with Gasteiger partial charge in [0.1, 0.15) is 0 Å². The summed E-state index contributed by atoms with van der Waals surface area (Å²) in [5.41, 5.74) is 5.85. The van der Waals surface area contributed by atoms with Gasteiger partial charge in [0.15, 0.2) is 0 Å². The number of hydrogen-bond donors (Lipinski definition) is 3. The molecule has 2 fully saturated rings. The lowest BCUT2D eigenvalue weighted by Crippen LogP contribution is -2.48. The summed E-state index contributed by atoms with van der Waals surface area (Å²) in [5, 5.41) is 6.43. The van der Waals surface area contributed by atoms with Crippen LogP contribution in [0.1, 0.15) is 45.4 Å². The van der Waals surface area contributed by atoms with Crippen molar-refractivity contribution in [2.75, 3.05) is 0 Å². The van der Waals surface area contributed by atoms with Crippen LogP contribution in [0.3, 0.4) is 0 Å². The zero-order valence-electron chi connectivity index (χ0n) is 10.0. The molecule has 4 N–H and O–H groups in total. The Morgan fingerprint density at radius 1 is 1.12 bits per heavy atom. The Labute approximate surface area is 97.3 Å². The summed E-state index contributed by atoms with van der Waals surface area (Å²) in [5.74, 6) is 0.150. The van der Waals surface area contributed by atoms with E-state index in [0.717, 1.165) is 38.5 Å². The van der Waals surface area contributed by atoms with E-state index in [1.807, 2.05) is 6.92 Å². The topological polar surface area (TPSA) is 67.1 Å². The van der Waals surface area contributed by atoms with Gasteiger partial charge in [0.05, 0.1) is 6.04 Å². The molecular formula is C12H23N3O. The molecule has 4 heteroatoms. The van der Waals surface area contributed by atoms with E-state index < -0.39 is 0 Å². The molecule has 92 valence electrons. The Morgan fingerprint density at radius 3 is 2.25 bits per heavy atom. The minimum absolute atomic E-state index is 0.0695. The summed E-state index contributed by atoms with van der Waals surface area (Å²) in [7, 11) is 0. The number of carbonyl (C=O) groups is 1. The molecule has 1 atom stereocenters. The van der Waals surface area contributed by atoms with Crippen molar-refractivity contribution in [1.82, 2.24) is 10.6 Å². The van der Waals surface area contributed by atoms with Crippen LogP contribution in [0.25, 0.3) is 0 Å². The highest BCUT2D eigenvalue weighted by molar-refractivity contribution is 5.81. The highest BCUT2D eigenvalue weighted by Crippen LogP contribution is 2.19. The summed E-state index contributed by atoms with van der Waals surface area (Å²) in [6, 6.07) is 1.23. The van der Waals surface area contributed by atoms with E-state index in [4.69, 9.17) is 5.73 Å². The first-order valence-electron chi connectivity index (χ1n) is 6.47. The fourth-order valence-electron chi connectivity index (χ4n) is 2.27. The van der Waals surface area contributed by atoms with E-state index >= 15 is 0 Å². The molecule has 1 unspecified atom stereocenters. The second kappa shape index (κ2) is 5.15. The van der Waals surface area contributed by atoms with Crippen molar-refractivity contribution in [2.24, 2.45) is 5.73 Å². The fourth-order valence-corrected chi connectivity index (χ4v) is 2.27. The second-order valence-electron chi connectivity index (χ2n) is 5.28. The lowest BCUT2D eigenvalue weighted by Gasteiger charge is -2.29. The number of amides is 1. The van der Waals surface area contributed by atoms with E-state index in [9.17, 15) is 4.79 Å². The van der Waals surface area contributed by atoms with Gasteiger partial charge in [-0.2, -0.15) is 0 Å². The Morgan fingerprint density at radius 2 is 1.69 bits per heavy atom. The third-order valence-corrected chi connectivity index (χ3v) is 3.57. The van der Waals surface area contributed by atoms with Crippen molar-refractivity contribution in [3.8, 4) is 0 Å². The van der Waals surface area contributed by atoms with Crippen LogP contribution in [-0.4, -0.2) is 30.1 Å². The maximum absolute atomic E-state index is 11.7. The van der Waals surface area contributed by atoms with Crippen molar-refractivity contribution in [3.05, 3.63) is 0 Å². The van der Waals surface area contributed by atoms with Crippen LogP contribution in [-0.2, 0) is 4.79 Å². The van der Waals surface area contributed by atoms with Crippen LogP contribution >= 0.6 is 0 Å². The summed E-state index contributed by atoms with van der Waals surface area (Å²) < 4.78 is 0. The van der Waals surface area contributed by atoms with E-state index in [0.29, 0.717) is 18.1 Å². The molecule has 0 heterocycles. The fraction of sp³-hybridized carbons (Fsp3) is 0.917. The summed E-state index contributed by atoms with van der Waals surface area (Å²) in [4.78, 5) is 11.7. The van der Waals surface area contributed by atoms with E-state index in [2.05, 4.69) is 10.6 Å². The van der Waals surface area contributed by atoms with Crippen molar-refractivity contribution < 1.29 is 4.79 Å². The molecule has 0 aromatic carbocycles. The number of nitrogens with one attached hydrogen (secondary N) is 2. The molecule has 2 aliphatic rings. The van der Waals surface area contributed by atoms with Gasteiger partial charge in [-0.05, 0) is 45.4 Å². The third-order valence-electron chi connectivity index (χ3n) is 3.57. The van der Waals surface area contributed by atoms with Crippen molar-refractivity contribution in [3.63, 3.8) is 0 Å². The number of hydrogen-bond acceptors (Lipinski definition) is 3. The molecule has 0 bridgehead atoms. The molecule has 0 spiro atoms. The summed E-state index contributed by atoms with van der Waals surface area (Å²) in [6.07, 6.45) is 6.65. The zero-order valence-corrected chi connectivity index (χ0v) is 10.0. The monoisotopic (exact) mass is 225 g/mol. The molecule has 0 radical (unpaired) electrons. The van der Waals surface area contributed by atoms with E-state index in [1.165, 1.54) is 0 Å². The van der Waals surface area contributed by atoms with E-state index in [1.54, 1.807) is 0 Å². The van der Waals surface area contributed by atoms with Crippen LogP contribution < -0.4 is 16.4 Å². The van der Waals surface area contributed by atoms with Crippen LogP contribution in [0.2, 0.25) is 0 Å². The van der Waals surface area contributed by atoms with Gasteiger partial charge in [-0.3, -0.25) is 4.79 Å². The molecule has 2 rings (SSSR count). The molecule has 2 aliphatic carbocycles. The first-order chi connectivity index (χ1) is 7.65. The molecule has 4 nitrogen and oxygen atoms in total. The number of rotatable bonds is 4. The van der Waals surface area contributed by atoms with Crippen molar-refractivity contribution >= 4 is 5.91 Å². The minimum atomic E-state index is -0.0695. The largest absolute Gasteiger partial charge is 0.352 e. The van der Waals surface area contributed by atoms with Gasteiger partial charge in [-0.15, -0.1) is 0 Å². The van der Waals surface area contributed by atoms with E-state index in [-0.39, 0.29) is 11.9 Å². The predicted molar refractivity (Wildman–Crippen MR) is 64.0 cm³/mol. The standard InChI is InChI=1S/C12H23N3O/c1-8(12(16)15-11-6-7-11)14-10-4-2-9(13)3-5-10/h8-11,14H,2-7,13H2,1H3,(H,15,16). The highest BCUT2D eigenvalue weighted by atomic mass is 16.2. The predicted octanol–water partition coefficient (Wildman–Crippen LogP) is 0.513. The van der Waals surface area contributed by atoms with Crippen molar-refractivity contribution in [1.29, 1.82) is 0 Å². The van der Waals surface area contributed by atoms with Gasteiger partial charge in [0.25, 0.3) is 0 Å². The van der Waals surface area contributed by atoms with Crippen molar-refractivity contribution in [2.45, 2.75) is 69.6 Å². The zero-order chi connectivity index (χ0) is 11.5. The molecule has 0 aliphatic heterocycles. The van der Waals surface area contributed by atoms with Crippen LogP contribution in [0.15, 0.2) is 0 Å². The molecule has 16 heavy (non-hydrogen) atoms. The number of nitrogens with two attached hydrogens (primary N) is 1. The third kappa shape index (κ3) is 3.46. The average Bonchev–Trinajstić information content (AvgIpc) is 3.05. The van der Waals surface area contributed by atoms with Gasteiger partial charge in [-0.25, -0.2) is 0 Å². The minimum Gasteiger partial charge on any atom is -0.352 e. The maximum Gasteiger partial charge on any atom is 0.237 e. The summed E-state index contributed by atoms with van der Waals surface area (Å²) in [6.45, 7) is 1.95. The molecule has 0 saturated heterocycles. The quantitative estimate of drug-likeness (QED) is 0.653. The second-order valence-corrected chi connectivity index (χ2v) is 5.28. The van der Waals surface area contributed by atoms with Gasteiger partial charge in [0, 0.05) is 18.1 Å². The van der Waals surface area contributed by atoms with Crippen LogP contribution in [0.4, 0.5) is 0 Å². The van der Waals surface area contributed by atoms with Crippen LogP contribution in [0.5, 0.6) is 0 Å². The molecule has 0 aromatic heterocycles. The van der Waals surface area contributed by atoms with Gasteiger partial charge >= 0.3 is 0 Å². The summed E-state index contributed by atoms with van der Waals surface area (Å²) >= 11 is 0.